The number of aliphatic imine (C=N–C) groups is 1. The molecule has 1 aromatic carbocycles. The van der Waals surface area contributed by atoms with Gasteiger partial charge in [-0.3, -0.25) is 38.7 Å². The lowest BCUT2D eigenvalue weighted by Gasteiger charge is -2.42. The number of nitrogens with one attached hydrogen (secondary N) is 2. The highest BCUT2D eigenvalue weighted by Crippen LogP contribution is 2.33. The number of ether oxygens (including phenoxy) is 1. The van der Waals surface area contributed by atoms with Gasteiger partial charge in [-0.1, -0.05) is 12.1 Å². The molecule has 63 heavy (non-hydrogen) atoms. The maximum absolute atomic E-state index is 13.9. The Bertz CT molecular complexity index is 2510. The number of halogens is 2. The zero-order valence-electron chi connectivity index (χ0n) is 35.8. The van der Waals surface area contributed by atoms with Crippen molar-refractivity contribution in [2.24, 2.45) is 23.7 Å². The number of fused-ring (bicyclic) bond motifs is 4. The summed E-state index contributed by atoms with van der Waals surface area (Å²) in [6.07, 6.45) is 8.29. The molecule has 4 aromatic rings. The molecule has 1 aliphatic carbocycles. The fourth-order valence-corrected chi connectivity index (χ4v) is 10.3. The Labute approximate surface area is 363 Å². The Balaban J connectivity index is 0.748. The van der Waals surface area contributed by atoms with Gasteiger partial charge >= 0.3 is 5.69 Å². The molecule has 4 saturated heterocycles. The fourth-order valence-electron chi connectivity index (χ4n) is 10.3. The summed E-state index contributed by atoms with van der Waals surface area (Å²) in [6.45, 7) is 8.45. The normalized spacial score (nSPS) is 26.4. The van der Waals surface area contributed by atoms with E-state index in [2.05, 4.69) is 48.4 Å². The summed E-state index contributed by atoms with van der Waals surface area (Å²) in [5.74, 6) is -0.176. The zero-order chi connectivity index (χ0) is 43.9. The third-order valence-corrected chi connectivity index (χ3v) is 13.8. The topological polar surface area (TPSA) is 190 Å². The van der Waals surface area contributed by atoms with E-state index in [0.717, 1.165) is 95.3 Å². The maximum Gasteiger partial charge on any atom is 0.329 e. The summed E-state index contributed by atoms with van der Waals surface area (Å²) < 4.78 is 38.2. The summed E-state index contributed by atoms with van der Waals surface area (Å²) in [5, 5.41) is 9.22. The lowest BCUT2D eigenvalue weighted by Crippen LogP contribution is -2.53. The molecule has 4 atom stereocenters. The van der Waals surface area contributed by atoms with Crippen molar-refractivity contribution in [3.05, 3.63) is 69.7 Å². The van der Waals surface area contributed by atoms with E-state index in [0.29, 0.717) is 42.0 Å². The van der Waals surface area contributed by atoms with E-state index < -0.39 is 30.0 Å². The van der Waals surface area contributed by atoms with E-state index in [-0.39, 0.29) is 47.5 Å². The molecule has 5 aliphatic rings. The molecule has 4 N–H and O–H groups in total. The quantitative estimate of drug-likeness (QED) is 0.132. The number of aromatic nitrogens is 5. The average molecular weight is 871 g/mol. The smallest absolute Gasteiger partial charge is 0.329 e. The van der Waals surface area contributed by atoms with Crippen LogP contribution in [0, 0.1) is 5.92 Å². The molecule has 5 fully saturated rings. The molecule has 3 aromatic heterocycles. The first-order chi connectivity index (χ1) is 30.4. The number of benzene rings is 1. The van der Waals surface area contributed by atoms with Gasteiger partial charge in [-0.25, -0.2) is 23.1 Å². The lowest BCUT2D eigenvalue weighted by atomic mass is 9.85. The highest BCUT2D eigenvalue weighted by Gasteiger charge is 2.40. The van der Waals surface area contributed by atoms with E-state index in [1.807, 2.05) is 18.2 Å². The van der Waals surface area contributed by atoms with Crippen LogP contribution < -0.4 is 27.0 Å². The number of rotatable bonds is 13. The molecule has 336 valence electrons. The Morgan fingerprint density at radius 3 is 2.67 bits per heavy atom. The van der Waals surface area contributed by atoms with Crippen molar-refractivity contribution < 1.29 is 27.9 Å². The summed E-state index contributed by atoms with van der Waals surface area (Å²) in [6, 6.07) is 7.54. The molecular formula is C44H56F2N12O5. The van der Waals surface area contributed by atoms with Gasteiger partial charge in [0.15, 0.2) is 5.65 Å². The molecule has 3 amide bonds. The number of hydrogen-bond acceptors (Lipinski definition) is 12. The van der Waals surface area contributed by atoms with Crippen molar-refractivity contribution in [1.29, 1.82) is 0 Å². The molecular weight excluding hydrogens is 815 g/mol. The lowest BCUT2D eigenvalue weighted by molar-refractivity contribution is -0.135. The average Bonchev–Trinajstić information content (AvgIpc) is 4.07. The van der Waals surface area contributed by atoms with E-state index in [1.54, 1.807) is 17.8 Å². The van der Waals surface area contributed by atoms with Crippen LogP contribution in [-0.4, -0.2) is 134 Å². The Kier molecular flexibility index (Phi) is 12.2. The summed E-state index contributed by atoms with van der Waals surface area (Å²) in [4.78, 5) is 67.9. The van der Waals surface area contributed by atoms with Gasteiger partial charge in [0.25, 0.3) is 12.3 Å². The standard InChI is InChI=1S/C44H56F2N12O5/c1-26-22-54(15-4-6-28-5-3-7-34-39(28)53(2)44(62)58(34)35-12-13-37(59)52-43(35)61)17-18-55(26)23-27-8-10-29(11-9-27)48-21-33(38(47)40(45)46)50-42(60)32-20-49-57-16-14-36(51-41(32)57)56-24-31-19-30(56)25-63-31/h3,5,7,14,16,20-21,26-27,29-31,35,40H,4,6,8-13,15,17-19,22-25,47H2,1-2H3,(H,50,60)(H,52,59,61)/b38-33+,48-21?/t26-,27?,29?,30+,31+,35?/m0/s1. The van der Waals surface area contributed by atoms with Gasteiger partial charge in [-0.2, -0.15) is 5.10 Å². The summed E-state index contributed by atoms with van der Waals surface area (Å²) in [5.41, 5.74) is 7.66. The van der Waals surface area contributed by atoms with Crippen molar-refractivity contribution >= 4 is 46.4 Å². The molecule has 17 nitrogen and oxygen atoms in total. The number of anilines is 1. The molecule has 0 spiro atoms. The molecule has 7 heterocycles. The van der Waals surface area contributed by atoms with Crippen LogP contribution in [-0.2, 0) is 27.8 Å². The van der Waals surface area contributed by atoms with E-state index in [1.165, 1.54) is 21.5 Å². The van der Waals surface area contributed by atoms with Gasteiger partial charge in [0.1, 0.15) is 23.1 Å². The monoisotopic (exact) mass is 870 g/mol. The van der Waals surface area contributed by atoms with E-state index >= 15 is 0 Å². The number of alkyl halides is 2. The van der Waals surface area contributed by atoms with Crippen LogP contribution in [0.1, 0.15) is 80.3 Å². The molecule has 19 heteroatoms. The number of amides is 3. The number of allylic oxidation sites excluding steroid dienone is 2. The number of morpholine rings is 1. The van der Waals surface area contributed by atoms with Crippen molar-refractivity contribution in [3.63, 3.8) is 0 Å². The second-order valence-electron chi connectivity index (χ2n) is 17.9. The van der Waals surface area contributed by atoms with Gasteiger partial charge in [0.05, 0.1) is 47.7 Å². The van der Waals surface area contributed by atoms with Crippen LogP contribution in [0.15, 0.2) is 57.8 Å². The number of piperazine rings is 1. The highest BCUT2D eigenvalue weighted by molar-refractivity contribution is 6.03. The van der Waals surface area contributed by atoms with Crippen LogP contribution in [0.25, 0.3) is 16.7 Å². The minimum atomic E-state index is -2.98. The van der Waals surface area contributed by atoms with Crippen molar-refractivity contribution in [2.75, 3.05) is 50.8 Å². The van der Waals surface area contributed by atoms with Crippen molar-refractivity contribution in [1.82, 2.24) is 44.2 Å². The minimum absolute atomic E-state index is 0.0712. The third-order valence-electron chi connectivity index (χ3n) is 13.8. The number of carbonyl (C=O) groups excluding carboxylic acids is 3. The predicted octanol–water partition coefficient (Wildman–Crippen LogP) is 2.77. The Morgan fingerprint density at radius 1 is 1.11 bits per heavy atom. The maximum atomic E-state index is 13.9. The van der Waals surface area contributed by atoms with Crippen LogP contribution >= 0.6 is 0 Å². The third kappa shape index (κ3) is 8.74. The van der Waals surface area contributed by atoms with Crippen LogP contribution in [0.5, 0.6) is 0 Å². The van der Waals surface area contributed by atoms with Crippen LogP contribution in [0.3, 0.4) is 0 Å². The van der Waals surface area contributed by atoms with Crippen LogP contribution in [0.4, 0.5) is 14.6 Å². The number of imide groups is 1. The Hall–Kier alpha value is -5.53. The Morgan fingerprint density at radius 2 is 1.94 bits per heavy atom. The predicted molar refractivity (Wildman–Crippen MR) is 232 cm³/mol. The summed E-state index contributed by atoms with van der Waals surface area (Å²) in [7, 11) is 1.74. The largest absolute Gasteiger partial charge is 0.396 e. The van der Waals surface area contributed by atoms with Crippen molar-refractivity contribution in [3.8, 4) is 0 Å². The van der Waals surface area contributed by atoms with Crippen molar-refractivity contribution in [2.45, 2.75) is 101 Å². The van der Waals surface area contributed by atoms with Gasteiger partial charge in [-0.15, -0.1) is 0 Å². The molecule has 9 rings (SSSR count). The number of imidazole rings is 1. The number of aryl methyl sites for hydroxylation is 2. The molecule has 0 radical (unpaired) electrons. The van der Waals surface area contributed by atoms with Gasteiger partial charge in [-0.05, 0) is 88.4 Å². The molecule has 4 aliphatic heterocycles. The second kappa shape index (κ2) is 17.9. The van der Waals surface area contributed by atoms with Gasteiger partial charge in [0.2, 0.25) is 11.8 Å². The number of piperidine rings is 1. The first kappa shape index (κ1) is 42.8. The van der Waals surface area contributed by atoms with E-state index in [4.69, 9.17) is 15.5 Å². The first-order valence-electron chi connectivity index (χ1n) is 22.3. The number of para-hydroxylation sites is 1. The number of nitrogens with zero attached hydrogens (tertiary/aromatic N) is 9. The number of carbonyl (C=O) groups is 3. The highest BCUT2D eigenvalue weighted by atomic mass is 19.3. The SMILES string of the molecule is C[C@H]1CN(CCCc2cccc3c2n(C)c(=O)n3C2CCC(=O)NC2=O)CCN1CC1CCC(N=C/C(NC(=O)c2cnn3ccc(N4C[C@H]5C[C@@H]4CO5)nc23)=C(\N)C(F)F)CC1. The summed E-state index contributed by atoms with van der Waals surface area (Å²) >= 11 is 0. The zero-order valence-corrected chi connectivity index (χ0v) is 35.8. The van der Waals surface area contributed by atoms with E-state index in [9.17, 15) is 28.0 Å². The number of nitrogens with two attached hydrogens (primary N) is 1. The number of hydrogen-bond donors (Lipinski definition) is 3. The molecule has 1 saturated carbocycles. The molecule has 2 bridgehead atoms. The first-order valence-corrected chi connectivity index (χ1v) is 22.3. The van der Waals surface area contributed by atoms with Gasteiger partial charge in [0, 0.05) is 64.6 Å². The second-order valence-corrected chi connectivity index (χ2v) is 17.9. The van der Waals surface area contributed by atoms with Gasteiger partial charge < -0.3 is 25.6 Å². The molecule has 1 unspecified atom stereocenters. The minimum Gasteiger partial charge on any atom is -0.396 e. The fraction of sp³-hybridized carbons (Fsp3) is 0.568. The van der Waals surface area contributed by atoms with Crippen LogP contribution in [0.2, 0.25) is 0 Å².